The molecule has 1 aliphatic heterocycles. The quantitative estimate of drug-likeness (QED) is 0.451. The number of aromatic nitrogens is 3. The number of rotatable bonds is 5. The standard InChI is InChI=1S/C20H22F5N5O3/c21-19(22)5-3-10(4-6-19)15(26)12-9-30-14(27-12)2-1-11(29-30)7-18(17(32)33)8-13(20(23,24)25)28-16(18)31/h1-2,9-10,13,15H,3-8,26H2,(H,28,31)(H,32,33)/t13-,15?,18?/m0/s1. The van der Waals surface area contributed by atoms with E-state index in [0.717, 1.165) is 0 Å². The van der Waals surface area contributed by atoms with Gasteiger partial charge in [-0.05, 0) is 30.9 Å². The summed E-state index contributed by atoms with van der Waals surface area (Å²) in [6.45, 7) is 0. The molecule has 0 aromatic carbocycles. The SMILES string of the molecule is NC(c1cn2nc(CC3(C(=O)O)C[C@@H](C(F)(F)F)NC3=O)ccc2n1)C1CCC(F)(F)CC1. The summed E-state index contributed by atoms with van der Waals surface area (Å²) in [6, 6.07) is 0.00450. The number of carbonyl (C=O) groups is 2. The number of fused-ring (bicyclic) bond motifs is 1. The first-order chi connectivity index (χ1) is 15.3. The smallest absolute Gasteiger partial charge is 0.408 e. The highest BCUT2D eigenvalue weighted by molar-refractivity contribution is 6.04. The number of carbonyl (C=O) groups excluding carboxylic acids is 1. The molecule has 0 radical (unpaired) electrons. The van der Waals surface area contributed by atoms with Gasteiger partial charge in [0.25, 0.3) is 0 Å². The molecule has 2 aromatic rings. The van der Waals surface area contributed by atoms with Crippen LogP contribution in [0.2, 0.25) is 0 Å². The number of carboxylic acid groups (broad SMARTS) is 1. The molecular weight excluding hydrogens is 453 g/mol. The maximum Gasteiger partial charge on any atom is 0.408 e. The van der Waals surface area contributed by atoms with Crippen LogP contribution in [0.1, 0.15) is 49.5 Å². The van der Waals surface area contributed by atoms with Gasteiger partial charge in [0.15, 0.2) is 11.1 Å². The highest BCUT2D eigenvalue weighted by atomic mass is 19.4. The molecule has 3 atom stereocenters. The molecule has 1 saturated carbocycles. The lowest BCUT2D eigenvalue weighted by Crippen LogP contribution is -2.41. The minimum absolute atomic E-state index is 0.0812. The Morgan fingerprint density at radius 2 is 1.97 bits per heavy atom. The lowest BCUT2D eigenvalue weighted by molar-refractivity contribution is -0.158. The van der Waals surface area contributed by atoms with Crippen LogP contribution < -0.4 is 11.1 Å². The minimum Gasteiger partial charge on any atom is -0.480 e. The normalized spacial score (nSPS) is 27.0. The molecule has 1 saturated heterocycles. The Morgan fingerprint density at radius 3 is 2.55 bits per heavy atom. The van der Waals surface area contributed by atoms with Gasteiger partial charge >= 0.3 is 12.1 Å². The number of amides is 1. The van der Waals surface area contributed by atoms with Crippen molar-refractivity contribution in [2.75, 3.05) is 0 Å². The van der Waals surface area contributed by atoms with E-state index in [0.29, 0.717) is 11.3 Å². The van der Waals surface area contributed by atoms with Crippen molar-refractivity contribution in [3.8, 4) is 0 Å². The van der Waals surface area contributed by atoms with Crippen molar-refractivity contribution >= 4 is 17.5 Å². The first-order valence-electron chi connectivity index (χ1n) is 10.4. The third-order valence-corrected chi connectivity index (χ3v) is 6.59. The number of hydrogen-bond donors (Lipinski definition) is 3. The number of nitrogens with two attached hydrogens (primary N) is 1. The summed E-state index contributed by atoms with van der Waals surface area (Å²) < 4.78 is 67.4. The Morgan fingerprint density at radius 1 is 1.30 bits per heavy atom. The van der Waals surface area contributed by atoms with Crippen LogP contribution in [0.3, 0.4) is 0 Å². The lowest BCUT2D eigenvalue weighted by atomic mass is 9.80. The maximum atomic E-state index is 13.4. The first-order valence-corrected chi connectivity index (χ1v) is 10.4. The van der Waals surface area contributed by atoms with Gasteiger partial charge in [0, 0.05) is 25.7 Å². The van der Waals surface area contributed by atoms with E-state index in [1.165, 1.54) is 22.8 Å². The Bertz CT molecular complexity index is 1080. The molecule has 13 heteroatoms. The average molecular weight is 475 g/mol. The van der Waals surface area contributed by atoms with Crippen LogP contribution in [0.4, 0.5) is 22.0 Å². The van der Waals surface area contributed by atoms with Gasteiger partial charge < -0.3 is 16.2 Å². The van der Waals surface area contributed by atoms with Crippen molar-refractivity contribution in [3.63, 3.8) is 0 Å². The van der Waals surface area contributed by atoms with Gasteiger partial charge in [0.1, 0.15) is 6.04 Å². The molecule has 2 unspecified atom stereocenters. The second kappa shape index (κ2) is 7.89. The largest absolute Gasteiger partial charge is 0.480 e. The molecule has 2 aliphatic rings. The Hall–Kier alpha value is -2.83. The van der Waals surface area contributed by atoms with E-state index in [2.05, 4.69) is 10.1 Å². The number of imidazole rings is 1. The highest BCUT2D eigenvalue weighted by Gasteiger charge is 2.59. The summed E-state index contributed by atoms with van der Waals surface area (Å²) >= 11 is 0. The predicted octanol–water partition coefficient (Wildman–Crippen LogP) is 2.62. The van der Waals surface area contributed by atoms with Crippen molar-refractivity contribution in [2.45, 2.75) is 62.7 Å². The van der Waals surface area contributed by atoms with Crippen LogP contribution in [0, 0.1) is 11.3 Å². The van der Waals surface area contributed by atoms with Gasteiger partial charge in [0.2, 0.25) is 11.8 Å². The molecule has 3 heterocycles. The Balaban J connectivity index is 1.56. The van der Waals surface area contributed by atoms with Gasteiger partial charge in [-0.2, -0.15) is 18.3 Å². The van der Waals surface area contributed by atoms with E-state index >= 15 is 0 Å². The molecule has 8 nitrogen and oxygen atoms in total. The maximum absolute atomic E-state index is 13.4. The van der Waals surface area contributed by atoms with Crippen LogP contribution in [0.25, 0.3) is 5.65 Å². The van der Waals surface area contributed by atoms with Crippen molar-refractivity contribution in [1.82, 2.24) is 19.9 Å². The van der Waals surface area contributed by atoms with E-state index in [1.807, 2.05) is 0 Å². The van der Waals surface area contributed by atoms with Gasteiger partial charge in [-0.3, -0.25) is 9.59 Å². The molecular formula is C20H22F5N5O3. The predicted molar refractivity (Wildman–Crippen MR) is 103 cm³/mol. The highest BCUT2D eigenvalue weighted by Crippen LogP contribution is 2.41. The van der Waals surface area contributed by atoms with E-state index < -0.39 is 54.3 Å². The molecule has 180 valence electrons. The van der Waals surface area contributed by atoms with Crippen LogP contribution in [-0.2, 0) is 16.0 Å². The Labute approximate surface area is 184 Å². The molecule has 2 aromatic heterocycles. The summed E-state index contributed by atoms with van der Waals surface area (Å²) in [5.74, 6) is -5.77. The van der Waals surface area contributed by atoms with E-state index in [1.54, 1.807) is 5.32 Å². The second-order valence-corrected chi connectivity index (χ2v) is 8.85. The molecule has 0 bridgehead atoms. The van der Waals surface area contributed by atoms with Gasteiger partial charge in [-0.1, -0.05) is 0 Å². The molecule has 4 rings (SSSR count). The van der Waals surface area contributed by atoms with Gasteiger partial charge in [0.05, 0.1) is 23.6 Å². The fourth-order valence-corrected chi connectivity index (χ4v) is 4.57. The third-order valence-electron chi connectivity index (χ3n) is 6.59. The summed E-state index contributed by atoms with van der Waals surface area (Å²) in [5, 5.41) is 15.5. The molecule has 33 heavy (non-hydrogen) atoms. The van der Waals surface area contributed by atoms with Crippen LogP contribution in [0.5, 0.6) is 0 Å². The van der Waals surface area contributed by atoms with Crippen LogP contribution in [-0.4, -0.2) is 49.7 Å². The summed E-state index contributed by atoms with van der Waals surface area (Å²) in [4.78, 5) is 28.5. The lowest BCUT2D eigenvalue weighted by Gasteiger charge is -2.31. The van der Waals surface area contributed by atoms with E-state index in [4.69, 9.17) is 5.73 Å². The third kappa shape index (κ3) is 4.37. The zero-order chi connectivity index (χ0) is 24.2. The monoisotopic (exact) mass is 475 g/mol. The fraction of sp³-hybridized carbons (Fsp3) is 0.600. The number of carboxylic acids is 1. The first kappa shape index (κ1) is 23.3. The van der Waals surface area contributed by atoms with Crippen molar-refractivity contribution in [2.24, 2.45) is 17.1 Å². The fourth-order valence-electron chi connectivity index (χ4n) is 4.57. The number of alkyl halides is 5. The van der Waals surface area contributed by atoms with Crippen LogP contribution in [0.15, 0.2) is 18.3 Å². The number of aliphatic carboxylic acids is 1. The molecule has 1 amide bonds. The van der Waals surface area contributed by atoms with E-state index in [-0.39, 0.29) is 37.3 Å². The summed E-state index contributed by atoms with van der Waals surface area (Å²) in [7, 11) is 0. The number of nitrogens with one attached hydrogen (secondary N) is 1. The zero-order valence-corrected chi connectivity index (χ0v) is 17.3. The summed E-state index contributed by atoms with van der Waals surface area (Å²) in [5.41, 5.74) is 4.77. The second-order valence-electron chi connectivity index (χ2n) is 8.85. The molecule has 0 spiro atoms. The van der Waals surface area contributed by atoms with Gasteiger partial charge in [-0.25, -0.2) is 18.3 Å². The zero-order valence-electron chi connectivity index (χ0n) is 17.3. The van der Waals surface area contributed by atoms with Crippen molar-refractivity contribution in [3.05, 3.63) is 29.7 Å². The van der Waals surface area contributed by atoms with E-state index in [9.17, 15) is 36.6 Å². The molecule has 2 fully saturated rings. The average Bonchev–Trinajstić information content (AvgIpc) is 3.29. The Kier molecular flexibility index (Phi) is 5.58. The molecule has 1 aliphatic carbocycles. The van der Waals surface area contributed by atoms with Crippen molar-refractivity contribution < 1.29 is 36.6 Å². The summed E-state index contributed by atoms with van der Waals surface area (Å²) in [6.07, 6.45) is -4.79. The number of nitrogens with zero attached hydrogens (tertiary/aromatic N) is 3. The molecule has 4 N–H and O–H groups in total. The minimum atomic E-state index is -4.78. The number of halogens is 5. The van der Waals surface area contributed by atoms with Gasteiger partial charge in [-0.15, -0.1) is 0 Å². The number of hydrogen-bond acceptors (Lipinski definition) is 5. The van der Waals surface area contributed by atoms with Crippen molar-refractivity contribution in [1.29, 1.82) is 0 Å². The van der Waals surface area contributed by atoms with Crippen LogP contribution >= 0.6 is 0 Å². The topological polar surface area (TPSA) is 123 Å².